The maximum atomic E-state index is 3.56. The molecule has 0 fully saturated rings. The van der Waals surface area contributed by atoms with Crippen LogP contribution in [0.1, 0.15) is 60.3 Å². The van der Waals surface area contributed by atoms with Crippen LogP contribution in [-0.4, -0.2) is 37.1 Å². The number of hydrogen-bond acceptors (Lipinski definition) is 2. The summed E-state index contributed by atoms with van der Waals surface area (Å²) >= 11 is 0. The van der Waals surface area contributed by atoms with Crippen LogP contribution < -0.4 is 5.32 Å². The van der Waals surface area contributed by atoms with Crippen molar-refractivity contribution < 1.29 is 0 Å². The summed E-state index contributed by atoms with van der Waals surface area (Å²) in [6.45, 7) is 16.3. The van der Waals surface area contributed by atoms with E-state index in [0.29, 0.717) is 0 Å². The van der Waals surface area contributed by atoms with Crippen molar-refractivity contribution in [2.75, 3.05) is 26.2 Å². The van der Waals surface area contributed by atoms with Crippen LogP contribution in [-0.2, 0) is 0 Å². The maximum absolute atomic E-state index is 3.56. The third kappa shape index (κ3) is 9.61. The predicted octanol–water partition coefficient (Wildman–Crippen LogP) is 3.52. The molecule has 0 heterocycles. The standard InChI is InChI=1S/C15H34N2/c1-6-8-12-17(15(5)7-2)13-11-16-10-9-14(3)4/h14-16H,6-13H2,1-5H3. The van der Waals surface area contributed by atoms with Gasteiger partial charge in [0.2, 0.25) is 0 Å². The molecule has 2 nitrogen and oxygen atoms in total. The first kappa shape index (κ1) is 16.9. The predicted molar refractivity (Wildman–Crippen MR) is 78.6 cm³/mol. The third-order valence-corrected chi connectivity index (χ3v) is 3.49. The molecule has 0 spiro atoms. The average Bonchev–Trinajstić information content (AvgIpc) is 2.31. The van der Waals surface area contributed by atoms with Crippen molar-refractivity contribution in [3.8, 4) is 0 Å². The van der Waals surface area contributed by atoms with Crippen LogP contribution in [0.25, 0.3) is 0 Å². The van der Waals surface area contributed by atoms with Crippen LogP contribution in [0, 0.1) is 5.92 Å². The van der Waals surface area contributed by atoms with E-state index in [9.17, 15) is 0 Å². The van der Waals surface area contributed by atoms with Crippen molar-refractivity contribution in [2.45, 2.75) is 66.3 Å². The van der Waals surface area contributed by atoms with E-state index in [1.807, 2.05) is 0 Å². The number of nitrogens with zero attached hydrogens (tertiary/aromatic N) is 1. The summed E-state index contributed by atoms with van der Waals surface area (Å²) in [4.78, 5) is 2.63. The second-order valence-electron chi connectivity index (χ2n) is 5.58. The lowest BCUT2D eigenvalue weighted by Gasteiger charge is -2.28. The van der Waals surface area contributed by atoms with E-state index in [1.165, 1.54) is 45.3 Å². The van der Waals surface area contributed by atoms with Gasteiger partial charge in [-0.3, -0.25) is 4.90 Å². The number of rotatable bonds is 11. The van der Waals surface area contributed by atoms with Crippen molar-refractivity contribution in [3.63, 3.8) is 0 Å². The van der Waals surface area contributed by atoms with Gasteiger partial charge in [-0.2, -0.15) is 0 Å². The van der Waals surface area contributed by atoms with E-state index in [4.69, 9.17) is 0 Å². The normalized spacial score (nSPS) is 13.6. The van der Waals surface area contributed by atoms with Gasteiger partial charge in [-0.25, -0.2) is 0 Å². The van der Waals surface area contributed by atoms with Crippen LogP contribution in [0.15, 0.2) is 0 Å². The Morgan fingerprint density at radius 3 is 2.24 bits per heavy atom. The summed E-state index contributed by atoms with van der Waals surface area (Å²) in [5.41, 5.74) is 0. The first-order valence-electron chi connectivity index (χ1n) is 7.56. The zero-order valence-electron chi connectivity index (χ0n) is 12.8. The molecule has 17 heavy (non-hydrogen) atoms. The molecule has 0 rings (SSSR count). The molecule has 1 unspecified atom stereocenters. The van der Waals surface area contributed by atoms with E-state index < -0.39 is 0 Å². The second kappa shape index (κ2) is 11.0. The largest absolute Gasteiger partial charge is 0.315 e. The molecule has 0 aromatic carbocycles. The van der Waals surface area contributed by atoms with E-state index in [0.717, 1.165) is 18.5 Å². The van der Waals surface area contributed by atoms with Gasteiger partial charge in [0.25, 0.3) is 0 Å². The Balaban J connectivity index is 3.67. The van der Waals surface area contributed by atoms with Crippen molar-refractivity contribution in [3.05, 3.63) is 0 Å². The summed E-state index contributed by atoms with van der Waals surface area (Å²) < 4.78 is 0. The minimum Gasteiger partial charge on any atom is -0.315 e. The summed E-state index contributed by atoms with van der Waals surface area (Å²) in [6, 6.07) is 0.730. The quantitative estimate of drug-likeness (QED) is 0.558. The fourth-order valence-corrected chi connectivity index (χ4v) is 1.91. The minimum atomic E-state index is 0.730. The number of nitrogens with one attached hydrogen (secondary N) is 1. The highest BCUT2D eigenvalue weighted by Crippen LogP contribution is 2.05. The molecule has 1 N–H and O–H groups in total. The summed E-state index contributed by atoms with van der Waals surface area (Å²) in [6.07, 6.45) is 5.18. The summed E-state index contributed by atoms with van der Waals surface area (Å²) in [7, 11) is 0. The molecule has 0 radical (unpaired) electrons. The lowest BCUT2D eigenvalue weighted by atomic mass is 10.1. The molecule has 0 aliphatic rings. The molecule has 104 valence electrons. The van der Waals surface area contributed by atoms with Crippen molar-refractivity contribution in [1.82, 2.24) is 10.2 Å². The molecule has 0 aromatic rings. The Labute approximate surface area is 109 Å². The summed E-state index contributed by atoms with van der Waals surface area (Å²) in [5.74, 6) is 0.813. The number of unbranched alkanes of at least 4 members (excludes halogenated alkanes) is 1. The van der Waals surface area contributed by atoms with Gasteiger partial charge < -0.3 is 5.32 Å². The molecule has 0 saturated carbocycles. The van der Waals surface area contributed by atoms with Crippen molar-refractivity contribution in [1.29, 1.82) is 0 Å². The minimum absolute atomic E-state index is 0.730. The van der Waals surface area contributed by atoms with E-state index in [2.05, 4.69) is 44.8 Å². The topological polar surface area (TPSA) is 15.3 Å². The molecular formula is C15H34N2. The molecule has 0 aliphatic heterocycles. The van der Waals surface area contributed by atoms with Gasteiger partial charge in [0, 0.05) is 19.1 Å². The average molecular weight is 242 g/mol. The van der Waals surface area contributed by atoms with Crippen LogP contribution in [0.5, 0.6) is 0 Å². The fourth-order valence-electron chi connectivity index (χ4n) is 1.91. The molecule has 0 aromatic heterocycles. The van der Waals surface area contributed by atoms with E-state index >= 15 is 0 Å². The van der Waals surface area contributed by atoms with E-state index in [1.54, 1.807) is 0 Å². The maximum Gasteiger partial charge on any atom is 0.0110 e. The highest BCUT2D eigenvalue weighted by molar-refractivity contribution is 4.67. The zero-order valence-corrected chi connectivity index (χ0v) is 12.8. The Kier molecular flexibility index (Phi) is 11.0. The highest BCUT2D eigenvalue weighted by atomic mass is 15.2. The van der Waals surface area contributed by atoms with Gasteiger partial charge in [0.15, 0.2) is 0 Å². The molecule has 2 heteroatoms. The first-order valence-corrected chi connectivity index (χ1v) is 7.56. The highest BCUT2D eigenvalue weighted by Gasteiger charge is 2.10. The second-order valence-corrected chi connectivity index (χ2v) is 5.58. The van der Waals surface area contributed by atoms with Crippen LogP contribution in [0.4, 0.5) is 0 Å². The van der Waals surface area contributed by atoms with Gasteiger partial charge in [-0.1, -0.05) is 34.1 Å². The summed E-state index contributed by atoms with van der Waals surface area (Å²) in [5, 5.41) is 3.56. The van der Waals surface area contributed by atoms with Gasteiger partial charge in [-0.05, 0) is 45.2 Å². The van der Waals surface area contributed by atoms with Crippen molar-refractivity contribution >= 4 is 0 Å². The molecule has 0 saturated heterocycles. The molecule has 0 amide bonds. The molecule has 1 atom stereocenters. The lowest BCUT2D eigenvalue weighted by molar-refractivity contribution is 0.201. The number of hydrogen-bond donors (Lipinski definition) is 1. The molecule has 0 bridgehead atoms. The van der Waals surface area contributed by atoms with Gasteiger partial charge >= 0.3 is 0 Å². The lowest BCUT2D eigenvalue weighted by Crippen LogP contribution is -2.39. The van der Waals surface area contributed by atoms with Gasteiger partial charge in [0.05, 0.1) is 0 Å². The van der Waals surface area contributed by atoms with Gasteiger partial charge in [-0.15, -0.1) is 0 Å². The van der Waals surface area contributed by atoms with Gasteiger partial charge in [0.1, 0.15) is 0 Å². The SMILES string of the molecule is CCCCN(CCNCCC(C)C)C(C)CC. The van der Waals surface area contributed by atoms with E-state index in [-0.39, 0.29) is 0 Å². The smallest absolute Gasteiger partial charge is 0.0110 e. The monoisotopic (exact) mass is 242 g/mol. The Morgan fingerprint density at radius 2 is 1.71 bits per heavy atom. The molecule has 0 aliphatic carbocycles. The Hall–Kier alpha value is -0.0800. The fraction of sp³-hybridized carbons (Fsp3) is 1.00. The first-order chi connectivity index (χ1) is 8.11. The van der Waals surface area contributed by atoms with Crippen LogP contribution >= 0.6 is 0 Å². The zero-order chi connectivity index (χ0) is 13.1. The van der Waals surface area contributed by atoms with Crippen molar-refractivity contribution in [2.24, 2.45) is 5.92 Å². The Bertz CT molecular complexity index is 157. The van der Waals surface area contributed by atoms with Crippen LogP contribution in [0.3, 0.4) is 0 Å². The Morgan fingerprint density at radius 1 is 1.00 bits per heavy atom. The van der Waals surface area contributed by atoms with Crippen LogP contribution in [0.2, 0.25) is 0 Å². The third-order valence-electron chi connectivity index (χ3n) is 3.49. The molecular weight excluding hydrogens is 208 g/mol.